The first-order valence-electron chi connectivity index (χ1n) is 9.98. The van der Waals surface area contributed by atoms with Crippen molar-refractivity contribution in [1.29, 1.82) is 0 Å². The van der Waals surface area contributed by atoms with Gasteiger partial charge in [0.1, 0.15) is 17.2 Å². The quantitative estimate of drug-likeness (QED) is 0.471. The predicted octanol–water partition coefficient (Wildman–Crippen LogP) is 5.36. The van der Waals surface area contributed by atoms with Crippen molar-refractivity contribution < 1.29 is 4.74 Å². The highest BCUT2D eigenvalue weighted by Crippen LogP contribution is 2.32. The van der Waals surface area contributed by atoms with Crippen LogP contribution in [-0.2, 0) is 6.42 Å². The number of aromatic nitrogens is 4. The maximum atomic E-state index is 5.38. The van der Waals surface area contributed by atoms with Crippen LogP contribution in [0.5, 0.6) is 5.75 Å². The standard InChI is InChI=1S/C22H27N5O/c1-5-15-14-17(28-4)8-9-19(15)24-21-18-11-13-26(16(6-2)7-3)22(18)27-20(25-21)10-12-23-27/h8-14,16H,5-7H2,1-4H3,(H,24,25). The molecule has 0 atom stereocenters. The molecule has 0 spiro atoms. The highest BCUT2D eigenvalue weighted by molar-refractivity contribution is 5.92. The summed E-state index contributed by atoms with van der Waals surface area (Å²) in [5.41, 5.74) is 4.17. The molecule has 0 aliphatic carbocycles. The van der Waals surface area contributed by atoms with Gasteiger partial charge in [0.2, 0.25) is 0 Å². The summed E-state index contributed by atoms with van der Waals surface area (Å²) in [5, 5.41) is 9.16. The first-order valence-corrected chi connectivity index (χ1v) is 9.98. The molecule has 146 valence electrons. The number of methoxy groups -OCH3 is 1. The summed E-state index contributed by atoms with van der Waals surface area (Å²) < 4.78 is 9.64. The van der Waals surface area contributed by atoms with Crippen LogP contribution in [0.3, 0.4) is 0 Å². The summed E-state index contributed by atoms with van der Waals surface area (Å²) >= 11 is 0. The second-order valence-corrected chi connectivity index (χ2v) is 6.99. The first kappa shape index (κ1) is 18.3. The molecule has 0 saturated carbocycles. The molecule has 4 aromatic rings. The van der Waals surface area contributed by atoms with Crippen molar-refractivity contribution in [3.8, 4) is 5.75 Å². The molecule has 0 unspecified atom stereocenters. The summed E-state index contributed by atoms with van der Waals surface area (Å²) in [4.78, 5) is 4.85. The molecule has 28 heavy (non-hydrogen) atoms. The maximum absolute atomic E-state index is 5.38. The van der Waals surface area contributed by atoms with Gasteiger partial charge in [-0.1, -0.05) is 20.8 Å². The lowest BCUT2D eigenvalue weighted by atomic mass is 10.1. The van der Waals surface area contributed by atoms with E-state index >= 15 is 0 Å². The average Bonchev–Trinajstić information content (AvgIpc) is 3.36. The second kappa shape index (κ2) is 7.54. The van der Waals surface area contributed by atoms with Crippen LogP contribution in [-0.4, -0.2) is 26.3 Å². The van der Waals surface area contributed by atoms with Crippen LogP contribution < -0.4 is 10.1 Å². The van der Waals surface area contributed by atoms with Crippen LogP contribution >= 0.6 is 0 Å². The Kier molecular flexibility index (Phi) is 4.94. The number of fused-ring (bicyclic) bond motifs is 3. The van der Waals surface area contributed by atoms with Crippen molar-refractivity contribution >= 4 is 28.2 Å². The number of ether oxygens (including phenoxy) is 1. The lowest BCUT2D eigenvalue weighted by Gasteiger charge is -2.18. The van der Waals surface area contributed by atoms with Gasteiger partial charge < -0.3 is 14.6 Å². The molecule has 0 aliphatic heterocycles. The fraction of sp³-hybridized carbons (Fsp3) is 0.364. The highest BCUT2D eigenvalue weighted by atomic mass is 16.5. The molecule has 4 rings (SSSR count). The van der Waals surface area contributed by atoms with Gasteiger partial charge >= 0.3 is 0 Å². The zero-order chi connectivity index (χ0) is 19.7. The van der Waals surface area contributed by atoms with Gasteiger partial charge in [0.25, 0.3) is 0 Å². The molecule has 3 heterocycles. The Labute approximate surface area is 165 Å². The summed E-state index contributed by atoms with van der Waals surface area (Å²) in [6.07, 6.45) is 7.03. The van der Waals surface area contributed by atoms with E-state index in [-0.39, 0.29) is 0 Å². The number of rotatable bonds is 7. The Hall–Kier alpha value is -3.02. The van der Waals surface area contributed by atoms with E-state index < -0.39 is 0 Å². The van der Waals surface area contributed by atoms with Crippen molar-refractivity contribution in [2.24, 2.45) is 0 Å². The van der Waals surface area contributed by atoms with Crippen molar-refractivity contribution in [1.82, 2.24) is 19.2 Å². The smallest absolute Gasteiger partial charge is 0.159 e. The van der Waals surface area contributed by atoms with E-state index in [0.717, 1.165) is 53.2 Å². The monoisotopic (exact) mass is 377 g/mol. The second-order valence-electron chi connectivity index (χ2n) is 6.99. The number of aryl methyl sites for hydroxylation is 1. The van der Waals surface area contributed by atoms with Gasteiger partial charge in [-0.05, 0) is 49.1 Å². The van der Waals surface area contributed by atoms with Crippen molar-refractivity contribution in [3.05, 3.63) is 48.3 Å². The Morgan fingerprint density at radius 1 is 1.11 bits per heavy atom. The molecule has 0 amide bonds. The van der Waals surface area contributed by atoms with E-state index in [1.54, 1.807) is 13.3 Å². The predicted molar refractivity (Wildman–Crippen MR) is 114 cm³/mol. The largest absolute Gasteiger partial charge is 0.497 e. The van der Waals surface area contributed by atoms with E-state index in [2.05, 4.69) is 60.1 Å². The Bertz CT molecular complexity index is 1110. The Balaban J connectivity index is 1.88. The van der Waals surface area contributed by atoms with E-state index in [1.165, 1.54) is 5.56 Å². The maximum Gasteiger partial charge on any atom is 0.159 e. The van der Waals surface area contributed by atoms with Crippen molar-refractivity contribution in [2.45, 2.75) is 46.1 Å². The summed E-state index contributed by atoms with van der Waals surface area (Å²) in [6.45, 7) is 6.60. The number of hydrogen-bond donors (Lipinski definition) is 1. The number of anilines is 2. The first-order chi connectivity index (χ1) is 13.7. The number of nitrogens with one attached hydrogen (secondary N) is 1. The Morgan fingerprint density at radius 2 is 1.93 bits per heavy atom. The number of hydrogen-bond acceptors (Lipinski definition) is 4. The average molecular weight is 377 g/mol. The highest BCUT2D eigenvalue weighted by Gasteiger charge is 2.17. The van der Waals surface area contributed by atoms with Crippen LogP contribution in [0, 0.1) is 0 Å². The lowest BCUT2D eigenvalue weighted by Crippen LogP contribution is -2.09. The third kappa shape index (κ3) is 2.99. The molecule has 6 nitrogen and oxygen atoms in total. The SMILES string of the molecule is CCc1cc(OC)ccc1Nc1nc2ccnn2c2c1ccn2C(CC)CC. The fourth-order valence-corrected chi connectivity index (χ4v) is 3.88. The zero-order valence-corrected chi connectivity index (χ0v) is 16.9. The third-order valence-electron chi connectivity index (χ3n) is 5.47. The molecule has 0 fully saturated rings. The molecule has 3 aromatic heterocycles. The summed E-state index contributed by atoms with van der Waals surface area (Å²) in [5.74, 6) is 1.72. The minimum atomic E-state index is 0.437. The van der Waals surface area contributed by atoms with Crippen LogP contribution in [0.2, 0.25) is 0 Å². The minimum absolute atomic E-state index is 0.437. The molecule has 1 N–H and O–H groups in total. The van der Waals surface area contributed by atoms with E-state index in [4.69, 9.17) is 9.72 Å². The topological polar surface area (TPSA) is 56.4 Å². The van der Waals surface area contributed by atoms with Gasteiger partial charge in [0.05, 0.1) is 18.7 Å². The van der Waals surface area contributed by atoms with E-state index in [9.17, 15) is 0 Å². The van der Waals surface area contributed by atoms with E-state index in [0.29, 0.717) is 6.04 Å². The van der Waals surface area contributed by atoms with Gasteiger partial charge in [0.15, 0.2) is 5.65 Å². The summed E-state index contributed by atoms with van der Waals surface area (Å²) in [7, 11) is 1.70. The Morgan fingerprint density at radius 3 is 2.64 bits per heavy atom. The molecule has 0 radical (unpaired) electrons. The molecule has 0 aliphatic rings. The molecule has 6 heteroatoms. The molecular weight excluding hydrogens is 350 g/mol. The molecular formula is C22H27N5O. The summed E-state index contributed by atoms with van der Waals surface area (Å²) in [6, 6.07) is 10.6. The van der Waals surface area contributed by atoms with Gasteiger partial charge in [-0.25, -0.2) is 4.98 Å². The van der Waals surface area contributed by atoms with E-state index in [1.807, 2.05) is 16.6 Å². The normalized spacial score (nSPS) is 11.6. The third-order valence-corrected chi connectivity index (χ3v) is 5.47. The molecule has 0 bridgehead atoms. The van der Waals surface area contributed by atoms with Crippen LogP contribution in [0.1, 0.15) is 45.2 Å². The van der Waals surface area contributed by atoms with Crippen LogP contribution in [0.4, 0.5) is 11.5 Å². The minimum Gasteiger partial charge on any atom is -0.497 e. The zero-order valence-electron chi connectivity index (χ0n) is 16.9. The molecule has 1 aromatic carbocycles. The van der Waals surface area contributed by atoms with Gasteiger partial charge in [-0.15, -0.1) is 0 Å². The van der Waals surface area contributed by atoms with Gasteiger partial charge in [-0.2, -0.15) is 9.61 Å². The van der Waals surface area contributed by atoms with Gasteiger partial charge in [-0.3, -0.25) is 0 Å². The fourth-order valence-electron chi connectivity index (χ4n) is 3.88. The number of nitrogens with zero attached hydrogens (tertiary/aromatic N) is 4. The van der Waals surface area contributed by atoms with Crippen molar-refractivity contribution in [3.63, 3.8) is 0 Å². The van der Waals surface area contributed by atoms with Crippen LogP contribution in [0.25, 0.3) is 16.7 Å². The van der Waals surface area contributed by atoms with Crippen molar-refractivity contribution in [2.75, 3.05) is 12.4 Å². The number of benzene rings is 1. The lowest BCUT2D eigenvalue weighted by molar-refractivity contribution is 0.414. The molecule has 0 saturated heterocycles. The van der Waals surface area contributed by atoms with Crippen LogP contribution in [0.15, 0.2) is 42.7 Å². The van der Waals surface area contributed by atoms with Gasteiger partial charge in [0, 0.05) is 24.0 Å².